The van der Waals surface area contributed by atoms with E-state index in [1.165, 1.54) is 6.42 Å². The molecule has 282 valence electrons. The van der Waals surface area contributed by atoms with Crippen LogP contribution in [0.4, 0.5) is 0 Å². The average molecular weight is 707 g/mol. The Hall–Kier alpha value is -3.02. The number of carbonyl (C=O) groups excluding carboxylic acids is 2. The molecule has 10 heteroatoms. The van der Waals surface area contributed by atoms with Crippen LogP contribution in [0.1, 0.15) is 83.7 Å². The molecule has 1 saturated heterocycles. The maximum atomic E-state index is 14.2. The molecule has 3 aliphatic carbocycles. The first-order chi connectivity index (χ1) is 23.9. The molecular formula is C41H62N4O6. The van der Waals surface area contributed by atoms with Gasteiger partial charge in [-0.15, -0.1) is 0 Å². The van der Waals surface area contributed by atoms with Gasteiger partial charge in [0.1, 0.15) is 17.9 Å². The monoisotopic (exact) mass is 706 g/mol. The zero-order valence-corrected chi connectivity index (χ0v) is 32.4. The maximum absolute atomic E-state index is 14.2. The van der Waals surface area contributed by atoms with Crippen LogP contribution in [0.5, 0.6) is 5.75 Å². The molecule has 0 spiro atoms. The van der Waals surface area contributed by atoms with Crippen molar-refractivity contribution in [2.75, 3.05) is 34.4 Å². The van der Waals surface area contributed by atoms with E-state index in [0.29, 0.717) is 34.5 Å². The highest BCUT2D eigenvalue weighted by Crippen LogP contribution is 2.61. The van der Waals surface area contributed by atoms with E-state index in [4.69, 9.17) is 9.57 Å². The molecule has 2 bridgehead atoms. The third-order valence-electron chi connectivity index (χ3n) is 11.9. The fourth-order valence-corrected chi connectivity index (χ4v) is 9.27. The standard InChI is InChI=1S/C41H62N4O6/c1-24-32-18-29(41(32,6)7)19-33(24)43-39(49)36-35(25(2)47)34(23-46)51-45(36)21-28-15-12-16-31(37(28)50-10)26-13-11-14-27(17-26)38(48)42-30(22-44(8)9)20-40(3,4)5/h11-17,24-25,29-30,32-36,46-47H,18-23H2,1-10H3,(H,42,48)(H,43,49)/t24-,25+,29+,30+,32+,33+,34+,35+,36+/m1/s1. The molecule has 51 heavy (non-hydrogen) atoms. The number of hydrogen-bond donors (Lipinski definition) is 4. The Kier molecular flexibility index (Phi) is 11.9. The fourth-order valence-electron chi connectivity index (χ4n) is 9.27. The number of hydroxylamine groups is 2. The number of nitrogens with one attached hydrogen (secondary N) is 2. The molecule has 1 heterocycles. The lowest BCUT2D eigenvalue weighted by molar-refractivity contribution is -0.183. The van der Waals surface area contributed by atoms with Gasteiger partial charge in [-0.2, -0.15) is 5.06 Å². The minimum atomic E-state index is -0.887. The van der Waals surface area contributed by atoms with Gasteiger partial charge in [0.25, 0.3) is 5.91 Å². The van der Waals surface area contributed by atoms with Crippen LogP contribution in [0.15, 0.2) is 42.5 Å². The van der Waals surface area contributed by atoms with E-state index in [9.17, 15) is 19.8 Å². The van der Waals surface area contributed by atoms with Crippen LogP contribution in [0.25, 0.3) is 11.1 Å². The van der Waals surface area contributed by atoms with Crippen LogP contribution in [0, 0.1) is 34.5 Å². The Morgan fingerprint density at radius 3 is 2.43 bits per heavy atom. The molecule has 4 N–H and O–H groups in total. The highest BCUT2D eigenvalue weighted by Gasteiger charge is 2.57. The Morgan fingerprint density at radius 2 is 1.84 bits per heavy atom. The fraction of sp³-hybridized carbons (Fsp3) is 0.659. The molecule has 2 amide bonds. The Bertz CT molecular complexity index is 1540. The Labute approximate surface area is 305 Å². The molecule has 2 aromatic carbocycles. The van der Waals surface area contributed by atoms with Crippen LogP contribution < -0.4 is 15.4 Å². The minimum Gasteiger partial charge on any atom is -0.496 e. The molecule has 2 aromatic rings. The second-order valence-electron chi connectivity index (χ2n) is 17.5. The van der Waals surface area contributed by atoms with Gasteiger partial charge in [-0.05, 0) is 86.6 Å². The van der Waals surface area contributed by atoms with E-state index in [1.807, 2.05) is 56.6 Å². The number of aliphatic hydroxyl groups is 2. The number of ether oxygens (including phenoxy) is 1. The van der Waals surface area contributed by atoms with Crippen molar-refractivity contribution in [2.24, 2.45) is 34.5 Å². The Balaban J connectivity index is 1.39. The average Bonchev–Trinajstić information content (AvgIpc) is 3.42. The molecular weight excluding hydrogens is 644 g/mol. The van der Waals surface area contributed by atoms with Crippen molar-refractivity contribution in [1.29, 1.82) is 0 Å². The van der Waals surface area contributed by atoms with E-state index in [2.05, 4.69) is 57.1 Å². The van der Waals surface area contributed by atoms with Gasteiger partial charge in [-0.3, -0.25) is 14.4 Å². The third kappa shape index (κ3) is 8.46. The summed E-state index contributed by atoms with van der Waals surface area (Å²) >= 11 is 0. The van der Waals surface area contributed by atoms with Gasteiger partial charge < -0.3 is 30.5 Å². The minimum absolute atomic E-state index is 0.00769. The summed E-state index contributed by atoms with van der Waals surface area (Å²) in [6.45, 7) is 15.7. The number of carbonyl (C=O) groups is 2. The van der Waals surface area contributed by atoms with Gasteiger partial charge in [-0.25, -0.2) is 0 Å². The Morgan fingerprint density at radius 1 is 1.14 bits per heavy atom. The van der Waals surface area contributed by atoms with E-state index < -0.39 is 24.2 Å². The van der Waals surface area contributed by atoms with Crippen molar-refractivity contribution >= 4 is 11.8 Å². The number of aliphatic hydroxyl groups excluding tert-OH is 2. The molecule has 4 aliphatic rings. The number of hydrogen-bond acceptors (Lipinski definition) is 8. The lowest BCUT2D eigenvalue weighted by Crippen LogP contribution is -2.62. The largest absolute Gasteiger partial charge is 0.496 e. The number of para-hydroxylation sites is 1. The SMILES string of the molecule is COc1c(CN2O[C@@H](CO)[C@H]([C@H](C)O)[C@H]2C(=O)N[C@H]2C[C@@H]3C[C@@H]([C@H]2C)C3(C)C)cccc1-c1cccc(C(=O)N[C@H](CN(C)C)CC(C)(C)C)c1. The number of rotatable bonds is 13. The van der Waals surface area contributed by atoms with Crippen LogP contribution in [-0.4, -0.2) is 96.7 Å². The van der Waals surface area contributed by atoms with Gasteiger partial charge in [0.05, 0.1) is 26.4 Å². The summed E-state index contributed by atoms with van der Waals surface area (Å²) in [5.74, 6) is 1.14. The number of benzene rings is 2. The molecule has 9 atom stereocenters. The molecule has 0 aromatic heterocycles. The summed E-state index contributed by atoms with van der Waals surface area (Å²) in [4.78, 5) is 36.1. The summed E-state index contributed by atoms with van der Waals surface area (Å²) in [6.07, 6.45) is 1.36. The normalized spacial score (nSPS) is 28.5. The summed E-state index contributed by atoms with van der Waals surface area (Å²) < 4.78 is 6.01. The third-order valence-corrected chi connectivity index (χ3v) is 11.9. The summed E-state index contributed by atoms with van der Waals surface area (Å²) in [5, 5.41) is 29.4. The highest BCUT2D eigenvalue weighted by molar-refractivity contribution is 5.96. The van der Waals surface area contributed by atoms with Crippen molar-refractivity contribution in [2.45, 2.75) is 105 Å². The van der Waals surface area contributed by atoms with Crippen LogP contribution in [0.3, 0.4) is 0 Å². The van der Waals surface area contributed by atoms with Gasteiger partial charge in [0.2, 0.25) is 5.91 Å². The zero-order valence-electron chi connectivity index (χ0n) is 32.4. The number of methoxy groups -OCH3 is 1. The molecule has 6 rings (SSSR count). The quantitative estimate of drug-likeness (QED) is 0.227. The topological polar surface area (TPSA) is 124 Å². The van der Waals surface area contributed by atoms with Crippen LogP contribution in [0.2, 0.25) is 0 Å². The molecule has 10 nitrogen and oxygen atoms in total. The lowest BCUT2D eigenvalue weighted by Gasteiger charge is -2.62. The van der Waals surface area contributed by atoms with Gasteiger partial charge in [-0.1, -0.05) is 71.9 Å². The maximum Gasteiger partial charge on any atom is 0.251 e. The number of fused-ring (bicyclic) bond motifs is 2. The van der Waals surface area contributed by atoms with E-state index in [0.717, 1.165) is 36.1 Å². The molecule has 0 unspecified atom stereocenters. The highest BCUT2D eigenvalue weighted by atomic mass is 16.7. The molecule has 1 aliphatic heterocycles. The second kappa shape index (κ2) is 15.5. The van der Waals surface area contributed by atoms with Crippen LogP contribution >= 0.6 is 0 Å². The summed E-state index contributed by atoms with van der Waals surface area (Å²) in [5.41, 5.74) is 3.30. The van der Waals surface area contributed by atoms with E-state index >= 15 is 0 Å². The van der Waals surface area contributed by atoms with Gasteiger partial charge >= 0.3 is 0 Å². The molecule has 4 fully saturated rings. The molecule has 3 saturated carbocycles. The molecule has 0 radical (unpaired) electrons. The first kappa shape index (κ1) is 39.2. The predicted molar refractivity (Wildman–Crippen MR) is 200 cm³/mol. The zero-order chi connectivity index (χ0) is 37.4. The first-order valence-corrected chi connectivity index (χ1v) is 18.7. The number of nitrogens with zero attached hydrogens (tertiary/aromatic N) is 2. The van der Waals surface area contributed by atoms with Crippen molar-refractivity contribution in [1.82, 2.24) is 20.6 Å². The van der Waals surface area contributed by atoms with Crippen molar-refractivity contribution in [3.63, 3.8) is 0 Å². The van der Waals surface area contributed by atoms with E-state index in [-0.39, 0.29) is 42.5 Å². The van der Waals surface area contributed by atoms with Gasteiger partial charge in [0.15, 0.2) is 0 Å². The lowest BCUT2D eigenvalue weighted by atomic mass is 9.45. The van der Waals surface area contributed by atoms with Crippen LogP contribution in [-0.2, 0) is 16.2 Å². The van der Waals surface area contributed by atoms with Gasteiger partial charge in [0, 0.05) is 41.2 Å². The summed E-state index contributed by atoms with van der Waals surface area (Å²) in [7, 11) is 5.63. The number of amides is 2. The van der Waals surface area contributed by atoms with Crippen molar-refractivity contribution < 1.29 is 29.4 Å². The van der Waals surface area contributed by atoms with Crippen molar-refractivity contribution in [3.8, 4) is 16.9 Å². The number of likely N-dealkylation sites (N-methyl/N-ethyl adjacent to an activating group) is 1. The first-order valence-electron chi connectivity index (χ1n) is 18.7. The smallest absolute Gasteiger partial charge is 0.251 e. The van der Waals surface area contributed by atoms with Crippen molar-refractivity contribution in [3.05, 3.63) is 53.6 Å². The second-order valence-corrected chi connectivity index (χ2v) is 17.5. The summed E-state index contributed by atoms with van der Waals surface area (Å²) in [6, 6.07) is 12.6. The predicted octanol–water partition coefficient (Wildman–Crippen LogP) is 5.12. The van der Waals surface area contributed by atoms with E-state index in [1.54, 1.807) is 19.1 Å².